The number of alkyl carbamates (subject to hydrolysis) is 1. The van der Waals surface area contributed by atoms with Crippen molar-refractivity contribution in [1.82, 2.24) is 15.5 Å². The van der Waals surface area contributed by atoms with E-state index in [1.165, 1.54) is 4.90 Å². The fourth-order valence-corrected chi connectivity index (χ4v) is 3.62. The molecule has 0 heterocycles. The van der Waals surface area contributed by atoms with E-state index in [0.717, 1.165) is 12.8 Å². The number of rotatable bonds is 12. The summed E-state index contributed by atoms with van der Waals surface area (Å²) in [5.41, 5.74) is 5.48. The van der Waals surface area contributed by atoms with Crippen LogP contribution in [0.3, 0.4) is 0 Å². The van der Waals surface area contributed by atoms with E-state index in [0.29, 0.717) is 17.7 Å². The average Bonchev–Trinajstić information content (AvgIpc) is 2.78. The summed E-state index contributed by atoms with van der Waals surface area (Å²) >= 11 is 0. The first-order valence-corrected chi connectivity index (χ1v) is 12.3. The Morgan fingerprint density at radius 2 is 1.81 bits per heavy atom. The second-order valence-electron chi connectivity index (χ2n) is 9.82. The number of carbonyl (C=O) groups excluding carboxylic acids is 4. The van der Waals surface area contributed by atoms with Crippen LogP contribution in [-0.4, -0.2) is 52.9 Å². The zero-order valence-corrected chi connectivity index (χ0v) is 22.2. The van der Waals surface area contributed by atoms with E-state index in [9.17, 15) is 19.2 Å². The Kier molecular flexibility index (Phi) is 12.0. The van der Waals surface area contributed by atoms with E-state index in [1.807, 2.05) is 6.92 Å². The molecular weight excluding hydrogens is 460 g/mol. The molecule has 0 aromatic heterocycles. The number of carbonyl (C=O) groups is 4. The monoisotopic (exact) mass is 500 g/mol. The number of hydrogen-bond acceptors (Lipinski definition) is 5. The summed E-state index contributed by atoms with van der Waals surface area (Å²) in [5.74, 6) is 1.02. The zero-order valence-electron chi connectivity index (χ0n) is 22.2. The summed E-state index contributed by atoms with van der Waals surface area (Å²) in [7, 11) is 0. The number of benzene rings is 1. The van der Waals surface area contributed by atoms with Crippen LogP contribution < -0.4 is 16.4 Å². The maximum Gasteiger partial charge on any atom is 0.408 e. The van der Waals surface area contributed by atoms with Crippen molar-refractivity contribution < 1.29 is 23.9 Å². The molecule has 9 nitrogen and oxygen atoms in total. The minimum atomic E-state index is -1.15. The molecule has 0 fully saturated rings. The van der Waals surface area contributed by atoms with Gasteiger partial charge in [0, 0.05) is 24.6 Å². The molecule has 1 aromatic carbocycles. The molecule has 0 bridgehead atoms. The second-order valence-corrected chi connectivity index (χ2v) is 9.82. The highest BCUT2D eigenvalue weighted by molar-refractivity contribution is 5.93. The van der Waals surface area contributed by atoms with Crippen molar-refractivity contribution in [3.8, 4) is 12.3 Å². The maximum atomic E-state index is 13.9. The number of primary amides is 1. The lowest BCUT2D eigenvalue weighted by molar-refractivity contribution is -0.144. The third kappa shape index (κ3) is 9.61. The van der Waals surface area contributed by atoms with Crippen LogP contribution in [0.1, 0.15) is 84.4 Å². The van der Waals surface area contributed by atoms with Crippen LogP contribution >= 0.6 is 0 Å². The minimum Gasteiger partial charge on any atom is -0.444 e. The highest BCUT2D eigenvalue weighted by atomic mass is 16.6. The third-order valence-corrected chi connectivity index (χ3v) is 5.25. The predicted molar refractivity (Wildman–Crippen MR) is 139 cm³/mol. The molecule has 0 aliphatic rings. The van der Waals surface area contributed by atoms with Crippen LogP contribution in [0.15, 0.2) is 24.3 Å². The number of terminal acetylenes is 1. The van der Waals surface area contributed by atoms with Crippen molar-refractivity contribution in [3.63, 3.8) is 0 Å². The Morgan fingerprint density at radius 1 is 1.17 bits per heavy atom. The van der Waals surface area contributed by atoms with E-state index < -0.39 is 41.6 Å². The van der Waals surface area contributed by atoms with E-state index in [-0.39, 0.29) is 18.7 Å². The predicted octanol–water partition coefficient (Wildman–Crippen LogP) is 3.02. The third-order valence-electron chi connectivity index (χ3n) is 5.25. The highest BCUT2D eigenvalue weighted by Crippen LogP contribution is 2.28. The molecule has 4 N–H and O–H groups in total. The van der Waals surface area contributed by atoms with E-state index in [4.69, 9.17) is 16.9 Å². The number of ether oxygens (including phenoxy) is 1. The smallest absolute Gasteiger partial charge is 0.408 e. The molecule has 198 valence electrons. The Hall–Kier alpha value is -3.54. The SMILES string of the molecule is C#Cc1ccccc1C(C(=O)NCCCC)N(C(=O)C(CCC(N)=O)NC(=O)OC(C)(C)C)C(C)C. The van der Waals surface area contributed by atoms with E-state index in [2.05, 4.69) is 16.6 Å². The van der Waals surface area contributed by atoms with Gasteiger partial charge in [-0.3, -0.25) is 14.4 Å². The van der Waals surface area contributed by atoms with Gasteiger partial charge in [-0.05, 0) is 59.1 Å². The van der Waals surface area contributed by atoms with Crippen LogP contribution in [-0.2, 0) is 19.1 Å². The molecule has 4 amide bonds. The quantitative estimate of drug-likeness (QED) is 0.300. The standard InChI is InChI=1S/C27H40N4O5/c1-8-10-17-29-24(33)23(20-14-12-11-13-19(20)9-2)31(18(3)4)25(34)21(15-16-22(28)32)30-26(35)36-27(5,6)7/h2,11-14,18,21,23H,8,10,15-17H2,1,3-7H3,(H2,28,32)(H,29,33)(H,30,35). The molecule has 0 saturated carbocycles. The first-order valence-electron chi connectivity index (χ1n) is 12.3. The van der Waals surface area contributed by atoms with Crippen LogP contribution in [0.2, 0.25) is 0 Å². The molecule has 0 aliphatic heterocycles. The van der Waals surface area contributed by atoms with Crippen molar-refractivity contribution in [2.24, 2.45) is 5.73 Å². The molecule has 2 unspecified atom stereocenters. The minimum absolute atomic E-state index is 0.0579. The second kappa shape index (κ2) is 14.1. The normalized spacial score (nSPS) is 12.7. The van der Waals surface area contributed by atoms with Crippen molar-refractivity contribution in [2.45, 2.75) is 91.0 Å². The van der Waals surface area contributed by atoms with Gasteiger partial charge in [-0.2, -0.15) is 0 Å². The molecule has 9 heteroatoms. The van der Waals surface area contributed by atoms with Gasteiger partial charge in [0.1, 0.15) is 17.7 Å². The summed E-state index contributed by atoms with van der Waals surface area (Å²) in [6, 6.07) is 4.25. The molecule has 36 heavy (non-hydrogen) atoms. The largest absolute Gasteiger partial charge is 0.444 e. The Morgan fingerprint density at radius 3 is 2.33 bits per heavy atom. The summed E-state index contributed by atoms with van der Waals surface area (Å²) < 4.78 is 5.32. The lowest BCUT2D eigenvalue weighted by atomic mass is 9.96. The maximum absolute atomic E-state index is 13.9. The molecule has 0 saturated heterocycles. The molecule has 0 radical (unpaired) electrons. The fourth-order valence-electron chi connectivity index (χ4n) is 3.62. The van der Waals surface area contributed by atoms with Gasteiger partial charge in [0.05, 0.1) is 0 Å². The topological polar surface area (TPSA) is 131 Å². The van der Waals surface area contributed by atoms with Gasteiger partial charge in [-0.25, -0.2) is 4.79 Å². The fraction of sp³-hybridized carbons (Fsp3) is 0.556. The Bertz CT molecular complexity index is 962. The molecule has 0 spiro atoms. The number of nitrogens with two attached hydrogens (primary N) is 1. The van der Waals surface area contributed by atoms with Crippen LogP contribution in [0.5, 0.6) is 0 Å². The summed E-state index contributed by atoms with van der Waals surface area (Å²) in [4.78, 5) is 52.8. The molecule has 1 rings (SSSR count). The van der Waals surface area contributed by atoms with Gasteiger partial charge in [-0.15, -0.1) is 6.42 Å². The van der Waals surface area contributed by atoms with Crippen molar-refractivity contribution >= 4 is 23.8 Å². The zero-order chi connectivity index (χ0) is 27.5. The highest BCUT2D eigenvalue weighted by Gasteiger charge is 2.38. The average molecular weight is 501 g/mol. The van der Waals surface area contributed by atoms with Gasteiger partial charge in [0.25, 0.3) is 0 Å². The molecule has 0 aliphatic carbocycles. The number of amides is 4. The van der Waals surface area contributed by atoms with Crippen LogP contribution in [0.4, 0.5) is 4.79 Å². The van der Waals surface area contributed by atoms with E-state index >= 15 is 0 Å². The summed E-state index contributed by atoms with van der Waals surface area (Å²) in [6.45, 7) is 11.1. The van der Waals surface area contributed by atoms with E-state index in [1.54, 1.807) is 58.9 Å². The lowest BCUT2D eigenvalue weighted by Crippen LogP contribution is -2.55. The van der Waals surface area contributed by atoms with Crippen molar-refractivity contribution in [2.75, 3.05) is 6.54 Å². The molecular formula is C27H40N4O5. The van der Waals surface area contributed by atoms with Crippen LogP contribution in [0.25, 0.3) is 0 Å². The Labute approximate surface area is 214 Å². The lowest BCUT2D eigenvalue weighted by Gasteiger charge is -2.37. The van der Waals surface area contributed by atoms with Crippen LogP contribution in [0, 0.1) is 12.3 Å². The molecule has 1 aromatic rings. The van der Waals surface area contributed by atoms with Crippen molar-refractivity contribution in [3.05, 3.63) is 35.4 Å². The van der Waals surface area contributed by atoms with Gasteiger partial charge < -0.3 is 26.0 Å². The number of hydrogen-bond donors (Lipinski definition) is 3. The van der Waals surface area contributed by atoms with Gasteiger partial charge in [0.15, 0.2) is 0 Å². The molecule has 2 atom stereocenters. The van der Waals surface area contributed by atoms with Gasteiger partial charge in [-0.1, -0.05) is 37.5 Å². The summed E-state index contributed by atoms with van der Waals surface area (Å²) in [6.07, 6.45) is 6.35. The Balaban J connectivity index is 3.51. The first-order chi connectivity index (χ1) is 16.8. The number of nitrogens with one attached hydrogen (secondary N) is 2. The first kappa shape index (κ1) is 30.5. The number of nitrogens with zero attached hydrogens (tertiary/aromatic N) is 1. The van der Waals surface area contributed by atoms with Gasteiger partial charge >= 0.3 is 6.09 Å². The van der Waals surface area contributed by atoms with Gasteiger partial charge in [0.2, 0.25) is 17.7 Å². The van der Waals surface area contributed by atoms with Crippen molar-refractivity contribution in [1.29, 1.82) is 0 Å². The number of unbranched alkanes of at least 4 members (excludes halogenated alkanes) is 1. The summed E-state index contributed by atoms with van der Waals surface area (Å²) in [5, 5.41) is 5.46.